The average molecular weight is 416 g/mol. The maximum absolute atomic E-state index is 12.8. The number of β-amino-alcohol motifs (C(OH)–C–C–N with tert-alkyl or cyclic N) is 1. The highest BCUT2D eigenvalue weighted by Gasteiger charge is 2.33. The van der Waals surface area contributed by atoms with Crippen LogP contribution in [0.4, 0.5) is 0 Å². The lowest BCUT2D eigenvalue weighted by Crippen LogP contribution is -2.42. The SMILES string of the molecule is CCN1CC[C@H](c2c(O)cc(O)c3c(=O)cc(-c4ccccc4Cl)oc23)[C@H](O)C1. The second kappa shape index (κ2) is 7.71. The van der Waals surface area contributed by atoms with E-state index in [-0.39, 0.29) is 28.2 Å². The van der Waals surface area contributed by atoms with Crippen LogP contribution in [0.3, 0.4) is 0 Å². The molecule has 0 radical (unpaired) electrons. The van der Waals surface area contributed by atoms with Gasteiger partial charge in [-0.2, -0.15) is 0 Å². The molecule has 0 saturated carbocycles. The van der Waals surface area contributed by atoms with Crippen molar-refractivity contribution in [1.29, 1.82) is 0 Å². The van der Waals surface area contributed by atoms with E-state index in [1.807, 2.05) is 6.92 Å². The summed E-state index contributed by atoms with van der Waals surface area (Å²) in [7, 11) is 0. The first-order valence-corrected chi connectivity index (χ1v) is 9.96. The molecule has 1 fully saturated rings. The van der Waals surface area contributed by atoms with Crippen molar-refractivity contribution in [3.05, 3.63) is 57.2 Å². The first-order chi connectivity index (χ1) is 13.9. The van der Waals surface area contributed by atoms with E-state index in [4.69, 9.17) is 16.0 Å². The van der Waals surface area contributed by atoms with Gasteiger partial charge in [0.2, 0.25) is 0 Å². The van der Waals surface area contributed by atoms with Crippen molar-refractivity contribution < 1.29 is 19.7 Å². The number of piperidine rings is 1. The van der Waals surface area contributed by atoms with Crippen molar-refractivity contribution in [3.63, 3.8) is 0 Å². The third-order valence-corrected chi connectivity index (χ3v) is 5.95. The minimum atomic E-state index is -0.739. The minimum Gasteiger partial charge on any atom is -0.507 e. The van der Waals surface area contributed by atoms with Crippen LogP contribution in [0.1, 0.15) is 24.8 Å². The largest absolute Gasteiger partial charge is 0.507 e. The van der Waals surface area contributed by atoms with Crippen LogP contribution in [0.5, 0.6) is 11.5 Å². The summed E-state index contributed by atoms with van der Waals surface area (Å²) in [6.07, 6.45) is -0.153. The van der Waals surface area contributed by atoms with Crippen LogP contribution in [-0.2, 0) is 0 Å². The Labute approximate surface area is 172 Å². The normalized spacial score (nSPS) is 20.2. The molecule has 2 atom stereocenters. The monoisotopic (exact) mass is 415 g/mol. The van der Waals surface area contributed by atoms with E-state index in [1.165, 1.54) is 6.07 Å². The predicted octanol–water partition coefficient (Wildman–Crippen LogP) is 3.69. The van der Waals surface area contributed by atoms with Gasteiger partial charge in [0.1, 0.15) is 28.2 Å². The molecule has 1 aliphatic heterocycles. The Morgan fingerprint density at radius 2 is 1.97 bits per heavy atom. The molecule has 1 aliphatic rings. The fourth-order valence-electron chi connectivity index (χ4n) is 4.09. The maximum atomic E-state index is 12.8. The Bertz CT molecular complexity index is 1130. The molecule has 0 spiro atoms. The van der Waals surface area contributed by atoms with E-state index < -0.39 is 17.5 Å². The van der Waals surface area contributed by atoms with Gasteiger partial charge in [-0.3, -0.25) is 4.79 Å². The van der Waals surface area contributed by atoms with E-state index in [0.29, 0.717) is 29.1 Å². The fourth-order valence-corrected chi connectivity index (χ4v) is 4.32. The Hall–Kier alpha value is -2.54. The fraction of sp³-hybridized carbons (Fsp3) is 0.318. The van der Waals surface area contributed by atoms with Crippen molar-refractivity contribution in [2.45, 2.75) is 25.4 Å². The molecule has 29 heavy (non-hydrogen) atoms. The second-order valence-electron chi connectivity index (χ2n) is 7.34. The molecule has 3 N–H and O–H groups in total. The van der Waals surface area contributed by atoms with E-state index in [0.717, 1.165) is 19.2 Å². The number of nitrogens with zero attached hydrogens (tertiary/aromatic N) is 1. The van der Waals surface area contributed by atoms with Crippen LogP contribution < -0.4 is 5.43 Å². The van der Waals surface area contributed by atoms with E-state index in [9.17, 15) is 20.1 Å². The molecule has 3 aromatic rings. The summed E-state index contributed by atoms with van der Waals surface area (Å²) < 4.78 is 6.03. The van der Waals surface area contributed by atoms with Crippen LogP contribution in [0.15, 0.2) is 45.6 Å². The lowest BCUT2D eigenvalue weighted by molar-refractivity contribution is 0.0533. The number of halogens is 1. The van der Waals surface area contributed by atoms with Crippen molar-refractivity contribution >= 4 is 22.6 Å². The number of likely N-dealkylation sites (N-methyl/N-ethyl adjacent to an activating group) is 1. The van der Waals surface area contributed by atoms with Gasteiger partial charge in [-0.25, -0.2) is 0 Å². The molecule has 0 aliphatic carbocycles. The molecule has 0 bridgehead atoms. The number of benzene rings is 2. The third-order valence-electron chi connectivity index (χ3n) is 5.62. The first-order valence-electron chi connectivity index (χ1n) is 9.58. The third kappa shape index (κ3) is 3.48. The van der Waals surface area contributed by atoms with Gasteiger partial charge in [-0.1, -0.05) is 30.7 Å². The van der Waals surface area contributed by atoms with Gasteiger partial charge in [0.05, 0.1) is 11.1 Å². The van der Waals surface area contributed by atoms with Gasteiger partial charge >= 0.3 is 0 Å². The maximum Gasteiger partial charge on any atom is 0.197 e. The van der Waals surface area contributed by atoms with Crippen LogP contribution >= 0.6 is 11.6 Å². The number of rotatable bonds is 3. The number of fused-ring (bicyclic) bond motifs is 1. The lowest BCUT2D eigenvalue weighted by Gasteiger charge is -2.35. The molecule has 1 aromatic heterocycles. The molecule has 6 nitrogen and oxygen atoms in total. The Morgan fingerprint density at radius 3 is 2.66 bits per heavy atom. The Morgan fingerprint density at radius 1 is 1.21 bits per heavy atom. The number of aliphatic hydroxyl groups is 1. The molecule has 2 aromatic carbocycles. The molecule has 1 saturated heterocycles. The van der Waals surface area contributed by atoms with Crippen molar-refractivity contribution in [2.24, 2.45) is 0 Å². The lowest BCUT2D eigenvalue weighted by atomic mass is 9.85. The number of aromatic hydroxyl groups is 2. The second-order valence-corrected chi connectivity index (χ2v) is 7.75. The molecular weight excluding hydrogens is 394 g/mol. The Balaban J connectivity index is 1.95. The van der Waals surface area contributed by atoms with Gasteiger partial charge in [0.15, 0.2) is 5.43 Å². The zero-order valence-electron chi connectivity index (χ0n) is 15.9. The summed E-state index contributed by atoms with van der Waals surface area (Å²) in [6, 6.07) is 9.38. The predicted molar refractivity (Wildman–Crippen MR) is 112 cm³/mol. The van der Waals surface area contributed by atoms with E-state index in [1.54, 1.807) is 24.3 Å². The summed E-state index contributed by atoms with van der Waals surface area (Å²) in [5.41, 5.74) is 0.509. The number of phenolic OH excluding ortho intramolecular Hbond substituents is 2. The number of aliphatic hydroxyl groups excluding tert-OH is 1. The van der Waals surface area contributed by atoms with E-state index >= 15 is 0 Å². The highest BCUT2D eigenvalue weighted by atomic mass is 35.5. The molecule has 4 rings (SSSR count). The van der Waals surface area contributed by atoms with Gasteiger partial charge in [0.25, 0.3) is 0 Å². The first kappa shape index (κ1) is 19.8. The van der Waals surface area contributed by atoms with Gasteiger partial charge in [0, 0.05) is 35.7 Å². The van der Waals surface area contributed by atoms with Gasteiger partial charge in [-0.15, -0.1) is 0 Å². The smallest absolute Gasteiger partial charge is 0.197 e. The van der Waals surface area contributed by atoms with Crippen LogP contribution in [-0.4, -0.2) is 46.0 Å². The van der Waals surface area contributed by atoms with Gasteiger partial charge in [-0.05, 0) is 31.6 Å². The number of likely N-dealkylation sites (tertiary alicyclic amines) is 1. The van der Waals surface area contributed by atoms with Gasteiger partial charge < -0.3 is 24.6 Å². The summed E-state index contributed by atoms with van der Waals surface area (Å²) in [6.45, 7) is 4.04. The number of phenols is 2. The Kier molecular flexibility index (Phi) is 5.25. The highest BCUT2D eigenvalue weighted by molar-refractivity contribution is 6.33. The average Bonchev–Trinajstić information content (AvgIpc) is 2.68. The summed E-state index contributed by atoms with van der Waals surface area (Å²) in [4.78, 5) is 14.9. The van der Waals surface area contributed by atoms with Crippen LogP contribution in [0.25, 0.3) is 22.3 Å². The van der Waals surface area contributed by atoms with Crippen LogP contribution in [0, 0.1) is 0 Å². The highest BCUT2D eigenvalue weighted by Crippen LogP contribution is 2.43. The van der Waals surface area contributed by atoms with Crippen molar-refractivity contribution in [3.8, 4) is 22.8 Å². The number of hydrogen-bond donors (Lipinski definition) is 3. The number of hydrogen-bond acceptors (Lipinski definition) is 6. The molecule has 0 amide bonds. The minimum absolute atomic E-state index is 0.0151. The van der Waals surface area contributed by atoms with Crippen LogP contribution in [0.2, 0.25) is 5.02 Å². The molecular formula is C22H22ClNO5. The zero-order valence-corrected chi connectivity index (χ0v) is 16.7. The topological polar surface area (TPSA) is 94.1 Å². The molecule has 152 valence electrons. The van der Waals surface area contributed by atoms with E-state index in [2.05, 4.69) is 4.90 Å². The molecule has 0 unspecified atom stereocenters. The zero-order chi connectivity index (χ0) is 20.7. The summed E-state index contributed by atoms with van der Waals surface area (Å²) in [5.74, 6) is -0.755. The quantitative estimate of drug-likeness (QED) is 0.604. The standard InChI is InChI=1S/C22H22ClNO5/c1-2-24-8-7-13(18(28)11-24)20-15(25)9-16(26)21-17(27)10-19(29-22(20)21)12-5-3-4-6-14(12)23/h3-6,9-10,13,18,25-26,28H,2,7-8,11H2,1H3/t13-,18+/m0/s1. The summed E-state index contributed by atoms with van der Waals surface area (Å²) in [5, 5.41) is 32.0. The molecule has 2 heterocycles. The summed E-state index contributed by atoms with van der Waals surface area (Å²) >= 11 is 6.26. The van der Waals surface area contributed by atoms with Crippen molar-refractivity contribution in [2.75, 3.05) is 19.6 Å². The molecule has 7 heteroatoms. The van der Waals surface area contributed by atoms with Crippen molar-refractivity contribution in [1.82, 2.24) is 4.90 Å².